The molecule has 7 aromatic rings. The fourth-order valence-electron chi connectivity index (χ4n) is 7.01. The first kappa shape index (κ1) is 29.2. The Hall–Kier alpha value is -5.18. The monoisotopic (exact) mass is 667 g/mol. The van der Waals surface area contributed by atoms with Gasteiger partial charge in [-0.05, 0) is 110 Å². The highest BCUT2D eigenvalue weighted by molar-refractivity contribution is 9.10. The lowest BCUT2D eigenvalue weighted by Crippen LogP contribution is -2.14. The zero-order valence-corrected chi connectivity index (χ0v) is 28.1. The molecular formula is C45H34BrN. The number of fused-ring (bicyclic) bond motifs is 3. The maximum Gasteiger partial charge on any atom is 0.0462 e. The molecule has 0 unspecified atom stereocenters. The van der Waals surface area contributed by atoms with Crippen molar-refractivity contribution in [3.8, 4) is 44.5 Å². The Morgan fingerprint density at radius 1 is 0.383 bits per heavy atom. The highest BCUT2D eigenvalue weighted by Gasteiger charge is 2.35. The first-order valence-electron chi connectivity index (χ1n) is 16.1. The lowest BCUT2D eigenvalue weighted by Gasteiger charge is -2.26. The quantitative estimate of drug-likeness (QED) is 0.170. The Balaban J connectivity index is 1.15. The van der Waals surface area contributed by atoms with Gasteiger partial charge in [0, 0.05) is 26.9 Å². The minimum Gasteiger partial charge on any atom is -0.311 e. The molecule has 0 N–H and O–H groups in total. The fraction of sp³-hybridized carbons (Fsp3) is 0.0667. The normalized spacial score (nSPS) is 12.7. The largest absolute Gasteiger partial charge is 0.311 e. The van der Waals surface area contributed by atoms with E-state index in [-0.39, 0.29) is 5.41 Å². The summed E-state index contributed by atoms with van der Waals surface area (Å²) in [4.78, 5) is 2.34. The van der Waals surface area contributed by atoms with Gasteiger partial charge in [-0.2, -0.15) is 0 Å². The molecule has 47 heavy (non-hydrogen) atoms. The second kappa shape index (κ2) is 11.9. The Bertz CT molecular complexity index is 2180. The summed E-state index contributed by atoms with van der Waals surface area (Å²) in [6.45, 7) is 4.68. The van der Waals surface area contributed by atoms with Gasteiger partial charge >= 0.3 is 0 Å². The van der Waals surface area contributed by atoms with E-state index in [0.717, 1.165) is 21.5 Å². The molecule has 1 aliphatic rings. The summed E-state index contributed by atoms with van der Waals surface area (Å²) in [6.07, 6.45) is 0. The summed E-state index contributed by atoms with van der Waals surface area (Å²) < 4.78 is 1.08. The minimum absolute atomic E-state index is 0.0208. The summed E-state index contributed by atoms with van der Waals surface area (Å²) in [5.74, 6) is 0. The van der Waals surface area contributed by atoms with Gasteiger partial charge in [0.2, 0.25) is 0 Å². The summed E-state index contributed by atoms with van der Waals surface area (Å²) in [7, 11) is 0. The van der Waals surface area contributed by atoms with Crippen LogP contribution in [0.4, 0.5) is 17.1 Å². The van der Waals surface area contributed by atoms with Gasteiger partial charge in [0.15, 0.2) is 0 Å². The van der Waals surface area contributed by atoms with Crippen molar-refractivity contribution in [2.45, 2.75) is 19.3 Å². The molecule has 8 rings (SSSR count). The highest BCUT2D eigenvalue weighted by atomic mass is 79.9. The van der Waals surface area contributed by atoms with Crippen LogP contribution in [0.3, 0.4) is 0 Å². The van der Waals surface area contributed by atoms with E-state index in [4.69, 9.17) is 0 Å². The Morgan fingerprint density at radius 3 is 1.34 bits per heavy atom. The third kappa shape index (κ3) is 5.39. The van der Waals surface area contributed by atoms with E-state index in [1.807, 2.05) is 0 Å². The lowest BCUT2D eigenvalue weighted by molar-refractivity contribution is 0.660. The maximum atomic E-state index is 3.56. The highest BCUT2D eigenvalue weighted by Crippen LogP contribution is 2.49. The second-order valence-corrected chi connectivity index (χ2v) is 13.7. The van der Waals surface area contributed by atoms with Crippen LogP contribution in [0.2, 0.25) is 0 Å². The molecule has 0 saturated carbocycles. The second-order valence-electron chi connectivity index (χ2n) is 12.8. The smallest absolute Gasteiger partial charge is 0.0462 e. The minimum atomic E-state index is -0.0208. The number of halogens is 1. The SMILES string of the molecule is CC1(C)c2ccccc2-c2ccc(-c3ccc(N(c4ccc(-c5ccccc5)cc4)c4ccc(-c5ccc(Br)cc5)cc4)cc3)cc21. The van der Waals surface area contributed by atoms with E-state index in [2.05, 4.69) is 205 Å². The third-order valence-electron chi connectivity index (χ3n) is 9.58. The van der Waals surface area contributed by atoms with Crippen LogP contribution in [0.15, 0.2) is 174 Å². The first-order valence-corrected chi connectivity index (χ1v) is 16.9. The van der Waals surface area contributed by atoms with Crippen LogP contribution in [0.5, 0.6) is 0 Å². The zero-order valence-electron chi connectivity index (χ0n) is 26.5. The number of nitrogens with zero attached hydrogens (tertiary/aromatic N) is 1. The summed E-state index contributed by atoms with van der Waals surface area (Å²) >= 11 is 3.56. The van der Waals surface area contributed by atoms with E-state index in [1.165, 1.54) is 55.6 Å². The predicted octanol–water partition coefficient (Wildman–Crippen LogP) is 13.2. The average molecular weight is 669 g/mol. The molecule has 0 aliphatic heterocycles. The van der Waals surface area contributed by atoms with Crippen molar-refractivity contribution in [3.05, 3.63) is 185 Å². The van der Waals surface area contributed by atoms with Gasteiger partial charge < -0.3 is 4.90 Å². The topological polar surface area (TPSA) is 3.24 Å². The van der Waals surface area contributed by atoms with Crippen molar-refractivity contribution in [2.75, 3.05) is 4.90 Å². The van der Waals surface area contributed by atoms with Crippen LogP contribution in [0.25, 0.3) is 44.5 Å². The molecular weight excluding hydrogens is 634 g/mol. The van der Waals surface area contributed by atoms with Crippen molar-refractivity contribution >= 4 is 33.0 Å². The first-order chi connectivity index (χ1) is 23.0. The van der Waals surface area contributed by atoms with E-state index < -0.39 is 0 Å². The summed E-state index contributed by atoms with van der Waals surface area (Å²) in [6, 6.07) is 61.6. The van der Waals surface area contributed by atoms with Gasteiger partial charge in [0.05, 0.1) is 0 Å². The molecule has 1 aliphatic carbocycles. The van der Waals surface area contributed by atoms with Crippen molar-refractivity contribution in [1.29, 1.82) is 0 Å². The molecule has 0 radical (unpaired) electrons. The molecule has 1 nitrogen and oxygen atoms in total. The van der Waals surface area contributed by atoms with Crippen LogP contribution >= 0.6 is 15.9 Å². The van der Waals surface area contributed by atoms with E-state index in [0.29, 0.717) is 0 Å². The maximum absolute atomic E-state index is 3.56. The number of hydrogen-bond donors (Lipinski definition) is 0. The fourth-order valence-corrected chi connectivity index (χ4v) is 7.28. The van der Waals surface area contributed by atoms with Gasteiger partial charge in [0.25, 0.3) is 0 Å². The van der Waals surface area contributed by atoms with Crippen molar-refractivity contribution in [3.63, 3.8) is 0 Å². The van der Waals surface area contributed by atoms with Crippen molar-refractivity contribution < 1.29 is 0 Å². The molecule has 0 saturated heterocycles. The zero-order chi connectivity index (χ0) is 32.0. The molecule has 0 heterocycles. The number of rotatable bonds is 6. The molecule has 2 heteroatoms. The Morgan fingerprint density at radius 2 is 0.787 bits per heavy atom. The average Bonchev–Trinajstić information content (AvgIpc) is 3.36. The van der Waals surface area contributed by atoms with Crippen LogP contribution < -0.4 is 4.90 Å². The number of benzene rings is 7. The van der Waals surface area contributed by atoms with E-state index in [1.54, 1.807) is 0 Å². The van der Waals surface area contributed by atoms with Crippen LogP contribution in [-0.2, 0) is 5.41 Å². The van der Waals surface area contributed by atoms with E-state index in [9.17, 15) is 0 Å². The Labute approximate surface area is 285 Å². The van der Waals surface area contributed by atoms with Gasteiger partial charge in [-0.1, -0.05) is 145 Å². The standard InChI is InChI=1S/C45H34BrN/c1-45(2)43-11-7-6-10-41(43)42-29-20-36(30-44(42)45)35-18-27-40(28-19-35)47(38-23-14-33(15-24-38)31-8-4-3-5-9-31)39-25-16-34(17-26-39)32-12-21-37(46)22-13-32/h3-30H,1-2H3. The molecule has 0 aromatic heterocycles. The van der Waals surface area contributed by atoms with Crippen LogP contribution in [-0.4, -0.2) is 0 Å². The van der Waals surface area contributed by atoms with Crippen LogP contribution in [0.1, 0.15) is 25.0 Å². The van der Waals surface area contributed by atoms with Gasteiger partial charge in [-0.25, -0.2) is 0 Å². The molecule has 0 bridgehead atoms. The van der Waals surface area contributed by atoms with Crippen molar-refractivity contribution in [2.24, 2.45) is 0 Å². The number of hydrogen-bond acceptors (Lipinski definition) is 1. The van der Waals surface area contributed by atoms with Gasteiger partial charge in [0.1, 0.15) is 0 Å². The van der Waals surface area contributed by atoms with Gasteiger partial charge in [-0.15, -0.1) is 0 Å². The third-order valence-corrected chi connectivity index (χ3v) is 10.1. The number of anilines is 3. The molecule has 0 fully saturated rings. The lowest BCUT2D eigenvalue weighted by atomic mass is 9.81. The molecule has 0 atom stereocenters. The summed E-state index contributed by atoms with van der Waals surface area (Å²) in [5, 5.41) is 0. The summed E-state index contributed by atoms with van der Waals surface area (Å²) in [5.41, 5.74) is 16.1. The molecule has 0 spiro atoms. The van der Waals surface area contributed by atoms with Crippen LogP contribution in [0, 0.1) is 0 Å². The molecule has 7 aromatic carbocycles. The van der Waals surface area contributed by atoms with Gasteiger partial charge in [-0.3, -0.25) is 0 Å². The van der Waals surface area contributed by atoms with Crippen molar-refractivity contribution in [1.82, 2.24) is 0 Å². The molecule has 226 valence electrons. The Kier molecular flexibility index (Phi) is 7.39. The predicted molar refractivity (Wildman–Crippen MR) is 203 cm³/mol. The van der Waals surface area contributed by atoms with E-state index >= 15 is 0 Å². The molecule has 0 amide bonds.